The molecule has 0 aliphatic heterocycles. The molecule has 0 bridgehead atoms. The van der Waals surface area contributed by atoms with E-state index in [2.05, 4.69) is 238 Å². The summed E-state index contributed by atoms with van der Waals surface area (Å²) >= 11 is 0. The Bertz CT molecular complexity index is 4440. The third-order valence-corrected chi connectivity index (χ3v) is 17.8. The molecule has 0 spiro atoms. The van der Waals surface area contributed by atoms with E-state index in [1.54, 1.807) is 39.0 Å². The lowest BCUT2D eigenvalue weighted by atomic mass is 9.71. The lowest BCUT2D eigenvalue weighted by Crippen LogP contribution is -2.24. The first-order chi connectivity index (χ1) is 55.8. The molecule has 102 heavy (non-hydrogen) atoms. The van der Waals surface area contributed by atoms with E-state index in [-0.39, 0.29) is 61.0 Å². The minimum Gasteiger partial charge on any atom is -0.0648 e. The maximum absolute atomic E-state index is 8.83. The third-order valence-electron chi connectivity index (χ3n) is 17.8. The van der Waals surface area contributed by atoms with Crippen molar-refractivity contribution in [3.63, 3.8) is 0 Å². The second-order valence-electron chi connectivity index (χ2n) is 36.9. The predicted molar refractivity (Wildman–Crippen MR) is 466 cm³/mol. The fourth-order valence-corrected chi connectivity index (χ4v) is 13.1. The van der Waals surface area contributed by atoms with Crippen LogP contribution in [0.3, 0.4) is 0 Å². The standard InChI is InChI=1S/C19H32.2C17H28.2C13H20.C12H18.C11H16/c1-13(2)12-16-10-9-11-17(15(5)14(3)4)18(16)19(6,7)8;1-12(2)13-10-9-11-14(16(3,4)5)15(13)17(6,7)8;1-8-13(4)15-11-9-10-14(12(2)3)16(15)17(5,6)7;2*1-10(2)11-8-6-7-9-12(11)13(3,4)5;1-9-7-6-8-10(2)11(9)12(3,4)5;1-9-7-5-6-8-10(9)11(2,3)4/h9-11,13-15H,12H2,1-8H3;9-12H,1-8H3;9-13H,8H2,1-7H3;2*6-10H,1-5H3;6-8H,1-5H3;5-8H,1-4H3/i12D2,15D;12D;2D3,3D3,4D3,8D2,12D,13D;1D3,2D3,10D;10D;;. The molecule has 0 heterocycles. The second kappa shape index (κ2) is 39.8. The van der Waals surface area contributed by atoms with E-state index in [0.29, 0.717) is 5.56 Å². The molecular formula is C102H162. The minimum absolute atomic E-state index is 0.0486. The highest BCUT2D eigenvalue weighted by molar-refractivity contribution is 5.47. The zero-order chi connectivity index (χ0) is 101. The van der Waals surface area contributed by atoms with Gasteiger partial charge in [0.1, 0.15) is 0 Å². The fraction of sp³-hybridized carbons (Fsp3) is 0.588. The Balaban J connectivity index is 0.000000758. The van der Waals surface area contributed by atoms with Crippen LogP contribution in [-0.4, -0.2) is 0 Å². The van der Waals surface area contributed by atoms with Gasteiger partial charge in [0.25, 0.3) is 0 Å². The normalized spacial score (nSPS) is 18.5. The molecule has 7 aromatic rings. The summed E-state index contributed by atoms with van der Waals surface area (Å²) in [5, 5.41) is 0. The van der Waals surface area contributed by atoms with E-state index in [1.165, 1.54) is 62.7 Å². The molecule has 0 heteroatoms. The van der Waals surface area contributed by atoms with Crippen molar-refractivity contribution in [2.24, 2.45) is 11.8 Å². The SMILES string of the molecule is Cc1cccc(C)c1C(C)(C)C.Cc1ccccc1C(C)(C)C.[2H]C(C)(C)c1cccc(C(C)(C)C)c1C(C)(C)C.[2H]C(C)(C)c1ccccc1C(C)(C)C.[2H]C([2H])([2H])C([2H])(c1cccc(C([2H])(C([2H])([2H])[2H])C([2H])([2H])C)c1C(C)(C)C)C([2H])([2H])[2H].[2H]C([2H])([2H])C([2H])(c1ccccc1C(C)(C)C)C([2H])([2H])[2H].[2H]C([2H])(c1cccc(C([2H])(C)C(C)C)c1C(C)(C)C)C(C)C. The first-order valence-corrected chi connectivity index (χ1v) is 37.1. The predicted octanol–water partition coefficient (Wildman–Crippen LogP) is 32.1. The van der Waals surface area contributed by atoms with Crippen LogP contribution in [0.4, 0.5) is 0 Å². The van der Waals surface area contributed by atoms with E-state index in [0.717, 1.165) is 40.8 Å². The van der Waals surface area contributed by atoms with Crippen LogP contribution in [0.25, 0.3) is 0 Å². The van der Waals surface area contributed by atoms with Crippen LogP contribution in [0.15, 0.2) is 146 Å². The van der Waals surface area contributed by atoms with Crippen molar-refractivity contribution in [3.8, 4) is 0 Å². The average Bonchev–Trinajstić information content (AvgIpc) is 0.700. The number of hydrogen-bond acceptors (Lipinski definition) is 0. The summed E-state index contributed by atoms with van der Waals surface area (Å²) < 4.78 is 200. The van der Waals surface area contributed by atoms with Crippen LogP contribution in [0.2, 0.25) is 0 Å². The average molecular weight is 1410 g/mol. The van der Waals surface area contributed by atoms with Gasteiger partial charge in [-0.25, -0.2) is 0 Å². The molecule has 0 saturated carbocycles. The van der Waals surface area contributed by atoms with Crippen molar-refractivity contribution in [2.75, 3.05) is 0 Å². The molecule has 0 radical (unpaired) electrons. The van der Waals surface area contributed by atoms with Crippen molar-refractivity contribution in [1.82, 2.24) is 0 Å². The maximum Gasteiger partial charge on any atom is 0.0352 e. The van der Waals surface area contributed by atoms with Gasteiger partial charge in [-0.15, -0.1) is 0 Å². The van der Waals surface area contributed by atoms with Crippen molar-refractivity contribution in [2.45, 2.75) is 382 Å². The Hall–Kier alpha value is -5.46. The fourth-order valence-electron chi connectivity index (χ4n) is 13.1. The number of aryl methyl sites for hydroxylation is 3. The summed E-state index contributed by atoms with van der Waals surface area (Å²) in [4.78, 5) is 0. The van der Waals surface area contributed by atoms with Gasteiger partial charge in [0.05, 0.1) is 0 Å². The van der Waals surface area contributed by atoms with Gasteiger partial charge < -0.3 is 0 Å². The van der Waals surface area contributed by atoms with Gasteiger partial charge in [0.2, 0.25) is 0 Å². The van der Waals surface area contributed by atoms with Gasteiger partial charge in [-0.3, -0.25) is 0 Å². The molecule has 0 nitrogen and oxygen atoms in total. The lowest BCUT2D eigenvalue weighted by molar-refractivity contribution is 0.503. The van der Waals surface area contributed by atoms with E-state index >= 15 is 0 Å². The molecule has 7 rings (SSSR count). The number of rotatable bonds is 10. The third kappa shape index (κ3) is 30.2. The van der Waals surface area contributed by atoms with Crippen molar-refractivity contribution in [1.29, 1.82) is 0 Å². The molecule has 0 aromatic heterocycles. The molecule has 0 fully saturated rings. The summed E-state index contributed by atoms with van der Waals surface area (Å²) in [6.45, 7) is 59.8. The monoisotopic (exact) mass is 1410 g/mol. The summed E-state index contributed by atoms with van der Waals surface area (Å²) in [6, 6.07) is 45.5. The topological polar surface area (TPSA) is 0 Å². The van der Waals surface area contributed by atoms with E-state index in [1.807, 2.05) is 93.5 Å². The largest absolute Gasteiger partial charge is 0.0648 e. The molecule has 0 saturated heterocycles. The van der Waals surface area contributed by atoms with Crippen molar-refractivity contribution < 1.29 is 34.3 Å². The Morgan fingerprint density at radius 3 is 0.941 bits per heavy atom. The highest BCUT2D eigenvalue weighted by Crippen LogP contribution is 2.42. The van der Waals surface area contributed by atoms with Crippen LogP contribution >= 0.6 is 0 Å². The van der Waals surface area contributed by atoms with E-state index < -0.39 is 98.8 Å². The highest BCUT2D eigenvalue weighted by Gasteiger charge is 2.30. The maximum atomic E-state index is 8.83. The molecule has 0 aliphatic carbocycles. The Morgan fingerprint density at radius 2 is 0.608 bits per heavy atom. The van der Waals surface area contributed by atoms with Crippen LogP contribution < -0.4 is 0 Å². The molecule has 2 unspecified atom stereocenters. The van der Waals surface area contributed by atoms with Gasteiger partial charge in [-0.2, -0.15) is 0 Å². The molecule has 0 aliphatic rings. The zero-order valence-corrected chi connectivity index (χ0v) is 71.5. The number of hydrogen-bond donors (Lipinski definition) is 0. The summed E-state index contributed by atoms with van der Waals surface area (Å²) in [5.41, 5.74) is 14.9. The van der Waals surface area contributed by atoms with Gasteiger partial charge in [0, 0.05) is 34.3 Å². The van der Waals surface area contributed by atoms with Crippen LogP contribution in [0, 0.1) is 32.6 Å². The summed E-state index contributed by atoms with van der Waals surface area (Å²) in [5.74, 6) is -10.3. The minimum atomic E-state index is -3.31. The first-order valence-electron chi connectivity index (χ1n) is 49.6. The second-order valence-corrected chi connectivity index (χ2v) is 36.9. The van der Waals surface area contributed by atoms with Gasteiger partial charge in [-0.05, 0) is 224 Å². The van der Waals surface area contributed by atoms with E-state index in [9.17, 15) is 0 Å². The van der Waals surface area contributed by atoms with Crippen LogP contribution in [-0.2, 0) is 49.7 Å². The van der Waals surface area contributed by atoms with Gasteiger partial charge >= 0.3 is 0 Å². The van der Waals surface area contributed by atoms with E-state index in [4.69, 9.17) is 34.3 Å². The van der Waals surface area contributed by atoms with Crippen molar-refractivity contribution >= 4 is 0 Å². The Morgan fingerprint density at radius 1 is 0.294 bits per heavy atom. The van der Waals surface area contributed by atoms with Crippen LogP contribution in [0.1, 0.15) is 446 Å². The molecule has 0 N–H and O–H groups in total. The van der Waals surface area contributed by atoms with Gasteiger partial charge in [0.15, 0.2) is 0 Å². The Kier molecular flexibility index (Phi) is 23.3. The highest BCUT2D eigenvalue weighted by atomic mass is 14.3. The van der Waals surface area contributed by atoms with Crippen molar-refractivity contribution in [3.05, 3.63) is 246 Å². The summed E-state index contributed by atoms with van der Waals surface area (Å²) in [7, 11) is 0. The molecular weight excluding hydrogens is 1230 g/mol. The molecule has 0 amide bonds. The molecule has 2 atom stereocenters. The Labute approximate surface area is 671 Å². The zero-order valence-electron chi connectivity index (χ0n) is 96.5. The quantitative estimate of drug-likeness (QED) is 0.128. The smallest absolute Gasteiger partial charge is 0.0352 e. The van der Waals surface area contributed by atoms with Gasteiger partial charge in [-0.1, -0.05) is 415 Å². The summed E-state index contributed by atoms with van der Waals surface area (Å²) in [6.07, 6.45) is -4.01. The lowest BCUT2D eigenvalue weighted by Gasteiger charge is -2.33. The first kappa shape index (κ1) is 59.7. The molecule has 570 valence electrons. The number of benzene rings is 7. The van der Waals surface area contributed by atoms with Crippen LogP contribution in [0.5, 0.6) is 0 Å². The molecule has 7 aromatic carbocycles.